The third-order valence-corrected chi connectivity index (χ3v) is 2.56. The number of aryl methyl sites for hydroxylation is 1. The summed E-state index contributed by atoms with van der Waals surface area (Å²) in [6, 6.07) is 1.98. The smallest absolute Gasteiger partial charge is 0.158 e. The van der Waals surface area contributed by atoms with Crippen LogP contribution in [0.3, 0.4) is 0 Å². The summed E-state index contributed by atoms with van der Waals surface area (Å²) in [4.78, 5) is 4.51. The maximum Gasteiger partial charge on any atom is 0.158 e. The molecule has 0 saturated carbocycles. The number of hydrogen-bond donors (Lipinski definition) is 1. The predicted octanol–water partition coefficient (Wildman–Crippen LogP) is 1.62. The minimum Gasteiger partial charge on any atom is -0.325 e. The highest BCUT2D eigenvalue weighted by Gasteiger charge is 2.11. The van der Waals surface area contributed by atoms with Crippen LogP contribution in [0.25, 0.3) is 5.65 Å². The van der Waals surface area contributed by atoms with E-state index in [4.69, 9.17) is 5.73 Å². The highest BCUT2D eigenvalue weighted by atomic mass is 15.3. The van der Waals surface area contributed by atoms with Crippen molar-refractivity contribution in [3.05, 3.63) is 29.2 Å². The van der Waals surface area contributed by atoms with Gasteiger partial charge in [0.25, 0.3) is 0 Å². The molecule has 0 spiro atoms. The molecule has 0 unspecified atom stereocenters. The van der Waals surface area contributed by atoms with E-state index in [9.17, 15) is 0 Å². The van der Waals surface area contributed by atoms with Crippen molar-refractivity contribution in [3.63, 3.8) is 0 Å². The van der Waals surface area contributed by atoms with Gasteiger partial charge < -0.3 is 5.73 Å². The van der Waals surface area contributed by atoms with E-state index in [1.165, 1.54) is 5.56 Å². The summed E-state index contributed by atoms with van der Waals surface area (Å²) < 4.78 is 1.87. The van der Waals surface area contributed by atoms with Crippen molar-refractivity contribution >= 4 is 5.65 Å². The summed E-state index contributed by atoms with van der Waals surface area (Å²) in [6.07, 6.45) is 1.89. The molecule has 80 valence electrons. The molecule has 0 bridgehead atoms. The molecule has 0 amide bonds. The Labute approximate surface area is 89.1 Å². The molecule has 15 heavy (non-hydrogen) atoms. The molecule has 0 radical (unpaired) electrons. The predicted molar refractivity (Wildman–Crippen MR) is 59.7 cm³/mol. The van der Waals surface area contributed by atoms with Gasteiger partial charge in [0.05, 0.1) is 11.9 Å². The van der Waals surface area contributed by atoms with Crippen LogP contribution in [0, 0.1) is 6.92 Å². The van der Waals surface area contributed by atoms with Gasteiger partial charge in [0.2, 0.25) is 0 Å². The fourth-order valence-corrected chi connectivity index (χ4v) is 1.71. The summed E-state index contributed by atoms with van der Waals surface area (Å²) in [5.41, 5.74) is 9.72. The number of nitrogens with zero attached hydrogens (tertiary/aromatic N) is 3. The van der Waals surface area contributed by atoms with Gasteiger partial charge in [-0.05, 0) is 18.9 Å². The van der Waals surface area contributed by atoms with Gasteiger partial charge in [0, 0.05) is 17.8 Å². The van der Waals surface area contributed by atoms with Gasteiger partial charge in [-0.15, -0.1) is 0 Å². The second kappa shape index (κ2) is 3.62. The molecule has 2 heterocycles. The van der Waals surface area contributed by atoms with E-state index in [0.29, 0.717) is 12.5 Å². The lowest BCUT2D eigenvalue weighted by molar-refractivity contribution is 0.855. The first-order valence-corrected chi connectivity index (χ1v) is 5.17. The zero-order valence-corrected chi connectivity index (χ0v) is 9.36. The fraction of sp³-hybridized carbons (Fsp3) is 0.455. The maximum absolute atomic E-state index is 5.61. The van der Waals surface area contributed by atoms with Crippen LogP contribution in [0.2, 0.25) is 0 Å². The van der Waals surface area contributed by atoms with Gasteiger partial charge >= 0.3 is 0 Å². The SMILES string of the molecule is Cc1cc(CN)nc2c(C(C)C)cnn12. The Bertz CT molecular complexity index is 485. The molecule has 0 aliphatic carbocycles. The first kappa shape index (κ1) is 10.1. The molecule has 2 rings (SSSR count). The Morgan fingerprint density at radius 2 is 2.20 bits per heavy atom. The molecule has 0 atom stereocenters. The molecule has 2 aromatic rings. The van der Waals surface area contributed by atoms with E-state index in [0.717, 1.165) is 17.0 Å². The maximum atomic E-state index is 5.61. The van der Waals surface area contributed by atoms with Crippen molar-refractivity contribution in [1.82, 2.24) is 14.6 Å². The summed E-state index contributed by atoms with van der Waals surface area (Å²) >= 11 is 0. The quantitative estimate of drug-likeness (QED) is 0.808. The molecule has 4 heteroatoms. The van der Waals surface area contributed by atoms with Crippen LogP contribution in [0.15, 0.2) is 12.3 Å². The normalized spacial score (nSPS) is 11.5. The highest BCUT2D eigenvalue weighted by molar-refractivity contribution is 5.49. The Morgan fingerprint density at radius 1 is 1.47 bits per heavy atom. The van der Waals surface area contributed by atoms with Crippen molar-refractivity contribution in [2.75, 3.05) is 0 Å². The molecule has 0 fully saturated rings. The van der Waals surface area contributed by atoms with Crippen molar-refractivity contribution in [2.45, 2.75) is 33.2 Å². The van der Waals surface area contributed by atoms with Crippen LogP contribution in [0.4, 0.5) is 0 Å². The first-order chi connectivity index (χ1) is 7.13. The second-order valence-corrected chi connectivity index (χ2v) is 4.08. The standard InChI is InChI=1S/C11H16N4/c1-7(2)10-6-13-15-8(3)4-9(5-12)14-11(10)15/h4,6-7H,5,12H2,1-3H3. The van der Waals surface area contributed by atoms with E-state index in [-0.39, 0.29) is 0 Å². The van der Waals surface area contributed by atoms with Crippen LogP contribution >= 0.6 is 0 Å². The molecular weight excluding hydrogens is 188 g/mol. The third-order valence-electron chi connectivity index (χ3n) is 2.56. The highest BCUT2D eigenvalue weighted by Crippen LogP contribution is 2.19. The molecule has 2 N–H and O–H groups in total. The van der Waals surface area contributed by atoms with E-state index in [2.05, 4.69) is 23.9 Å². The van der Waals surface area contributed by atoms with Crippen molar-refractivity contribution in [1.29, 1.82) is 0 Å². The molecule has 0 aliphatic heterocycles. The van der Waals surface area contributed by atoms with Crippen LogP contribution in [-0.4, -0.2) is 14.6 Å². The summed E-state index contributed by atoms with van der Waals surface area (Å²) in [5, 5.41) is 4.33. The van der Waals surface area contributed by atoms with Gasteiger partial charge in [-0.3, -0.25) is 0 Å². The lowest BCUT2D eigenvalue weighted by Gasteiger charge is -2.05. The number of aromatic nitrogens is 3. The van der Waals surface area contributed by atoms with E-state index in [1.807, 2.05) is 23.7 Å². The van der Waals surface area contributed by atoms with Gasteiger partial charge in [-0.2, -0.15) is 5.10 Å². The summed E-state index contributed by atoms with van der Waals surface area (Å²) in [6.45, 7) is 6.78. The van der Waals surface area contributed by atoms with Crippen molar-refractivity contribution < 1.29 is 0 Å². The Balaban J connectivity index is 2.72. The van der Waals surface area contributed by atoms with Gasteiger partial charge in [0.1, 0.15) is 0 Å². The lowest BCUT2D eigenvalue weighted by Crippen LogP contribution is -2.05. The number of rotatable bonds is 2. The lowest BCUT2D eigenvalue weighted by atomic mass is 10.1. The van der Waals surface area contributed by atoms with Crippen LogP contribution in [0.5, 0.6) is 0 Å². The molecule has 0 saturated heterocycles. The van der Waals surface area contributed by atoms with E-state index in [1.54, 1.807) is 0 Å². The minimum absolute atomic E-state index is 0.433. The number of fused-ring (bicyclic) bond motifs is 1. The Morgan fingerprint density at radius 3 is 2.80 bits per heavy atom. The first-order valence-electron chi connectivity index (χ1n) is 5.17. The minimum atomic E-state index is 0.433. The molecule has 4 nitrogen and oxygen atoms in total. The zero-order chi connectivity index (χ0) is 11.0. The largest absolute Gasteiger partial charge is 0.325 e. The average Bonchev–Trinajstić information content (AvgIpc) is 2.61. The van der Waals surface area contributed by atoms with E-state index < -0.39 is 0 Å². The molecular formula is C11H16N4. The van der Waals surface area contributed by atoms with Crippen molar-refractivity contribution in [3.8, 4) is 0 Å². The fourth-order valence-electron chi connectivity index (χ4n) is 1.71. The number of nitrogens with two attached hydrogens (primary N) is 1. The monoisotopic (exact) mass is 204 g/mol. The Kier molecular flexibility index (Phi) is 2.44. The van der Waals surface area contributed by atoms with E-state index >= 15 is 0 Å². The van der Waals surface area contributed by atoms with Crippen molar-refractivity contribution in [2.24, 2.45) is 5.73 Å². The molecule has 0 aromatic carbocycles. The zero-order valence-electron chi connectivity index (χ0n) is 9.36. The third kappa shape index (κ3) is 1.61. The molecule has 2 aromatic heterocycles. The molecule has 0 aliphatic rings. The second-order valence-electron chi connectivity index (χ2n) is 4.08. The average molecular weight is 204 g/mol. The van der Waals surface area contributed by atoms with Gasteiger partial charge in [-0.1, -0.05) is 13.8 Å². The van der Waals surface area contributed by atoms with Crippen LogP contribution in [0.1, 0.15) is 36.7 Å². The topological polar surface area (TPSA) is 56.2 Å². The van der Waals surface area contributed by atoms with Gasteiger partial charge in [0.15, 0.2) is 5.65 Å². The van der Waals surface area contributed by atoms with Crippen LogP contribution in [-0.2, 0) is 6.54 Å². The summed E-state index contributed by atoms with van der Waals surface area (Å²) in [7, 11) is 0. The van der Waals surface area contributed by atoms with Crippen LogP contribution < -0.4 is 5.73 Å². The van der Waals surface area contributed by atoms with Gasteiger partial charge in [-0.25, -0.2) is 9.50 Å². The number of hydrogen-bond acceptors (Lipinski definition) is 3. The summed E-state index contributed by atoms with van der Waals surface area (Å²) in [5.74, 6) is 0.433. The Hall–Kier alpha value is -1.42.